The van der Waals surface area contributed by atoms with Gasteiger partial charge in [-0.15, -0.1) is 0 Å². The van der Waals surface area contributed by atoms with Crippen molar-refractivity contribution < 1.29 is 31.9 Å². The minimum atomic E-state index is -4.48. The molecule has 1 aliphatic rings. The highest BCUT2D eigenvalue weighted by Gasteiger charge is 2.31. The standard InChI is InChI=1S/C20H20F3NO4/c1-12(18(25)24-15-7-2-3-8-15)27-19(26)17-10-9-16(28-17)13-5-4-6-14(11-13)20(21,22)23/h4-6,9-12,15H,2-3,7-8H2,1H3,(H,24,25)/t12-/m1/s1. The monoisotopic (exact) mass is 395 g/mol. The molecule has 0 unspecified atom stereocenters. The Morgan fingerprint density at radius 3 is 2.57 bits per heavy atom. The van der Waals surface area contributed by atoms with Gasteiger partial charge in [-0.3, -0.25) is 4.79 Å². The predicted octanol–water partition coefficient (Wildman–Crippen LogP) is 4.57. The van der Waals surface area contributed by atoms with Crippen LogP contribution in [0.2, 0.25) is 0 Å². The largest absolute Gasteiger partial charge is 0.449 e. The molecule has 1 saturated carbocycles. The van der Waals surface area contributed by atoms with E-state index in [0.29, 0.717) is 0 Å². The summed E-state index contributed by atoms with van der Waals surface area (Å²) >= 11 is 0. The van der Waals surface area contributed by atoms with Crippen LogP contribution in [0.15, 0.2) is 40.8 Å². The smallest absolute Gasteiger partial charge is 0.416 e. The summed E-state index contributed by atoms with van der Waals surface area (Å²) in [5.41, 5.74) is -0.636. The molecule has 0 radical (unpaired) electrons. The molecule has 1 aromatic carbocycles. The third-order valence-electron chi connectivity index (χ3n) is 4.64. The van der Waals surface area contributed by atoms with Gasteiger partial charge in [-0.25, -0.2) is 4.79 Å². The fraction of sp³-hybridized carbons (Fsp3) is 0.400. The number of benzene rings is 1. The number of esters is 1. The van der Waals surface area contributed by atoms with Crippen LogP contribution >= 0.6 is 0 Å². The van der Waals surface area contributed by atoms with E-state index in [1.54, 1.807) is 0 Å². The second-order valence-corrected chi connectivity index (χ2v) is 6.78. The first-order valence-corrected chi connectivity index (χ1v) is 9.03. The van der Waals surface area contributed by atoms with Crippen LogP contribution in [0.5, 0.6) is 0 Å². The summed E-state index contributed by atoms with van der Waals surface area (Å²) in [5.74, 6) is -1.33. The minimum absolute atomic E-state index is 0.0983. The summed E-state index contributed by atoms with van der Waals surface area (Å²) < 4.78 is 49.0. The number of nitrogens with one attached hydrogen (secondary N) is 1. The molecule has 1 atom stereocenters. The molecule has 1 aromatic heterocycles. The highest BCUT2D eigenvalue weighted by atomic mass is 19.4. The van der Waals surface area contributed by atoms with Crippen LogP contribution < -0.4 is 5.32 Å². The zero-order valence-corrected chi connectivity index (χ0v) is 15.2. The summed E-state index contributed by atoms with van der Waals surface area (Å²) in [5, 5.41) is 2.83. The van der Waals surface area contributed by atoms with Crippen molar-refractivity contribution in [2.75, 3.05) is 0 Å². The molecule has 0 saturated heterocycles. The predicted molar refractivity (Wildman–Crippen MR) is 94.4 cm³/mol. The molecule has 28 heavy (non-hydrogen) atoms. The Morgan fingerprint density at radius 2 is 1.89 bits per heavy atom. The average Bonchev–Trinajstić information content (AvgIpc) is 3.33. The summed E-state index contributed by atoms with van der Waals surface area (Å²) in [4.78, 5) is 24.3. The van der Waals surface area contributed by atoms with Gasteiger partial charge in [0.25, 0.3) is 5.91 Å². The number of rotatable bonds is 5. The quantitative estimate of drug-likeness (QED) is 0.753. The first kappa shape index (κ1) is 20.0. The summed E-state index contributed by atoms with van der Waals surface area (Å²) in [6.07, 6.45) is -1.55. The lowest BCUT2D eigenvalue weighted by atomic mass is 10.1. The zero-order chi connectivity index (χ0) is 20.3. The number of hydrogen-bond donors (Lipinski definition) is 1. The lowest BCUT2D eigenvalue weighted by Gasteiger charge is -2.16. The van der Waals surface area contributed by atoms with Crippen molar-refractivity contribution in [3.05, 3.63) is 47.7 Å². The van der Waals surface area contributed by atoms with Gasteiger partial charge in [0.05, 0.1) is 5.56 Å². The van der Waals surface area contributed by atoms with Crippen molar-refractivity contribution in [1.82, 2.24) is 5.32 Å². The molecule has 0 aliphatic heterocycles. The molecular formula is C20H20F3NO4. The van der Waals surface area contributed by atoms with Gasteiger partial charge in [-0.2, -0.15) is 13.2 Å². The second-order valence-electron chi connectivity index (χ2n) is 6.78. The van der Waals surface area contributed by atoms with Crippen molar-refractivity contribution in [3.63, 3.8) is 0 Å². The fourth-order valence-electron chi connectivity index (χ4n) is 3.11. The van der Waals surface area contributed by atoms with Gasteiger partial charge in [0.1, 0.15) is 5.76 Å². The Morgan fingerprint density at radius 1 is 1.18 bits per heavy atom. The second kappa shape index (κ2) is 8.08. The van der Waals surface area contributed by atoms with Crippen molar-refractivity contribution in [2.45, 2.75) is 50.9 Å². The summed E-state index contributed by atoms with van der Waals surface area (Å²) in [6.45, 7) is 1.46. The maximum Gasteiger partial charge on any atom is 0.416 e. The number of carbonyl (C=O) groups excluding carboxylic acids is 2. The summed E-state index contributed by atoms with van der Waals surface area (Å²) in [6, 6.07) is 7.38. The molecule has 150 valence electrons. The topological polar surface area (TPSA) is 68.5 Å². The van der Waals surface area contributed by atoms with Gasteiger partial charge < -0.3 is 14.5 Å². The van der Waals surface area contributed by atoms with E-state index in [1.165, 1.54) is 31.2 Å². The number of halogens is 3. The lowest BCUT2D eigenvalue weighted by Crippen LogP contribution is -2.40. The normalized spacial score (nSPS) is 16.0. The lowest BCUT2D eigenvalue weighted by molar-refractivity contribution is -0.137. The molecule has 5 nitrogen and oxygen atoms in total. The maximum atomic E-state index is 12.8. The number of hydrogen-bond acceptors (Lipinski definition) is 4. The Bertz CT molecular complexity index is 853. The number of ether oxygens (including phenoxy) is 1. The Balaban J connectivity index is 1.64. The Kier molecular flexibility index (Phi) is 5.76. The van der Waals surface area contributed by atoms with Crippen LogP contribution in [0.3, 0.4) is 0 Å². The molecule has 1 heterocycles. The highest BCUT2D eigenvalue weighted by Crippen LogP contribution is 2.32. The average molecular weight is 395 g/mol. The Labute approximate surface area is 159 Å². The van der Waals surface area contributed by atoms with Crippen LogP contribution in [0.4, 0.5) is 13.2 Å². The first-order chi connectivity index (χ1) is 13.2. The van der Waals surface area contributed by atoms with Crippen LogP contribution in [0, 0.1) is 0 Å². The van der Waals surface area contributed by atoms with E-state index in [-0.39, 0.29) is 29.0 Å². The molecular weight excluding hydrogens is 375 g/mol. The molecule has 1 fully saturated rings. The highest BCUT2D eigenvalue weighted by molar-refractivity contribution is 5.90. The van der Waals surface area contributed by atoms with E-state index >= 15 is 0 Å². The molecule has 1 N–H and O–H groups in total. The number of amides is 1. The maximum absolute atomic E-state index is 12.8. The van der Waals surface area contributed by atoms with E-state index in [2.05, 4.69) is 5.32 Å². The molecule has 0 bridgehead atoms. The molecule has 2 aromatic rings. The van der Waals surface area contributed by atoms with Crippen molar-refractivity contribution in [1.29, 1.82) is 0 Å². The van der Waals surface area contributed by atoms with Gasteiger partial charge in [-0.1, -0.05) is 25.0 Å². The van der Waals surface area contributed by atoms with Crippen LogP contribution in [-0.4, -0.2) is 24.0 Å². The van der Waals surface area contributed by atoms with Crippen molar-refractivity contribution in [3.8, 4) is 11.3 Å². The van der Waals surface area contributed by atoms with Crippen LogP contribution in [0.25, 0.3) is 11.3 Å². The summed E-state index contributed by atoms with van der Waals surface area (Å²) in [7, 11) is 0. The minimum Gasteiger partial charge on any atom is -0.449 e. The van der Waals surface area contributed by atoms with Crippen molar-refractivity contribution >= 4 is 11.9 Å². The van der Waals surface area contributed by atoms with E-state index in [0.717, 1.165) is 37.8 Å². The fourth-order valence-corrected chi connectivity index (χ4v) is 3.11. The van der Waals surface area contributed by atoms with E-state index in [4.69, 9.17) is 9.15 Å². The first-order valence-electron chi connectivity index (χ1n) is 9.03. The molecule has 0 spiro atoms. The van der Waals surface area contributed by atoms with Crippen molar-refractivity contribution in [2.24, 2.45) is 0 Å². The van der Waals surface area contributed by atoms with Gasteiger partial charge >= 0.3 is 12.1 Å². The van der Waals surface area contributed by atoms with Gasteiger partial charge in [0.15, 0.2) is 6.10 Å². The Hall–Kier alpha value is -2.77. The molecule has 1 amide bonds. The van der Waals surface area contributed by atoms with E-state index in [1.807, 2.05) is 0 Å². The third-order valence-corrected chi connectivity index (χ3v) is 4.64. The van der Waals surface area contributed by atoms with Gasteiger partial charge in [-0.05, 0) is 44.0 Å². The zero-order valence-electron chi connectivity index (χ0n) is 15.2. The van der Waals surface area contributed by atoms with Crippen LogP contribution in [0.1, 0.15) is 48.7 Å². The molecule has 1 aliphatic carbocycles. The third kappa shape index (κ3) is 4.74. The number of carbonyl (C=O) groups is 2. The van der Waals surface area contributed by atoms with E-state index < -0.39 is 23.8 Å². The van der Waals surface area contributed by atoms with Gasteiger partial charge in [0.2, 0.25) is 5.76 Å². The van der Waals surface area contributed by atoms with Crippen LogP contribution in [-0.2, 0) is 15.7 Å². The number of furan rings is 1. The number of alkyl halides is 3. The SMILES string of the molecule is C[C@@H](OC(=O)c1ccc(-c2cccc(C(F)(F)F)c2)o1)C(=O)NC1CCCC1. The van der Waals surface area contributed by atoms with Gasteiger partial charge in [0, 0.05) is 11.6 Å². The van der Waals surface area contributed by atoms with E-state index in [9.17, 15) is 22.8 Å². The molecule has 8 heteroatoms. The molecule has 3 rings (SSSR count).